The molecule has 1 aromatic carbocycles. The number of benzene rings is 1. The Morgan fingerprint density at radius 2 is 2.10 bits per heavy atom. The van der Waals surface area contributed by atoms with E-state index in [0.717, 1.165) is 0 Å². The zero-order chi connectivity index (χ0) is 21.1. The maximum Gasteiger partial charge on any atom is 0.262 e. The van der Waals surface area contributed by atoms with Gasteiger partial charge in [0.2, 0.25) is 11.7 Å². The molecule has 4 rings (SSSR count). The highest BCUT2D eigenvalue weighted by atomic mass is 32.2. The average Bonchev–Trinajstić information content (AvgIpc) is 3.43. The van der Waals surface area contributed by atoms with Crippen molar-refractivity contribution in [1.29, 1.82) is 5.26 Å². The van der Waals surface area contributed by atoms with Crippen LogP contribution < -0.4 is 5.56 Å². The maximum atomic E-state index is 12.8. The lowest BCUT2D eigenvalue weighted by Gasteiger charge is -2.20. The van der Waals surface area contributed by atoms with E-state index in [1.165, 1.54) is 16.3 Å². The number of carbonyl (C=O) groups is 1. The maximum absolute atomic E-state index is 12.8. The van der Waals surface area contributed by atoms with E-state index in [2.05, 4.69) is 16.3 Å². The van der Waals surface area contributed by atoms with Crippen LogP contribution in [0.3, 0.4) is 0 Å². The highest BCUT2D eigenvalue weighted by Gasteiger charge is 2.19. The van der Waals surface area contributed by atoms with Crippen molar-refractivity contribution in [2.24, 2.45) is 7.05 Å². The lowest BCUT2D eigenvalue weighted by atomic mass is 10.2. The summed E-state index contributed by atoms with van der Waals surface area (Å²) in [6, 6.07) is 12.8. The average molecular weight is 422 g/mol. The van der Waals surface area contributed by atoms with Crippen molar-refractivity contribution in [2.45, 2.75) is 18.1 Å². The zero-order valence-electron chi connectivity index (χ0n) is 16.2. The molecule has 3 heterocycles. The summed E-state index contributed by atoms with van der Waals surface area (Å²) in [4.78, 5) is 27.0. The van der Waals surface area contributed by atoms with Gasteiger partial charge in [0.15, 0.2) is 5.16 Å². The van der Waals surface area contributed by atoms with E-state index in [0.29, 0.717) is 40.7 Å². The minimum atomic E-state index is -0.153. The first kappa shape index (κ1) is 19.7. The molecule has 0 saturated heterocycles. The Morgan fingerprint density at radius 3 is 2.87 bits per heavy atom. The molecule has 0 aliphatic carbocycles. The standard InChI is InChI=1S/C20H18N6O3S/c1-24-18(28)15-7-2-3-8-16(15)26-19(24)22-23-20(26)30-13-17(27)25(10-5-9-21)12-14-6-4-11-29-14/h2-4,6-8,11H,5,10,12-13H2,1H3. The fourth-order valence-corrected chi connectivity index (χ4v) is 4.03. The minimum Gasteiger partial charge on any atom is -0.467 e. The van der Waals surface area contributed by atoms with Crippen molar-refractivity contribution in [2.75, 3.05) is 12.3 Å². The Hall–Kier alpha value is -3.58. The summed E-state index contributed by atoms with van der Waals surface area (Å²) in [7, 11) is 1.64. The number of carbonyl (C=O) groups excluding carboxylic acids is 1. The van der Waals surface area contributed by atoms with E-state index in [9.17, 15) is 9.59 Å². The number of thioether (sulfide) groups is 1. The summed E-state index contributed by atoms with van der Waals surface area (Å²) in [5, 5.41) is 18.3. The zero-order valence-corrected chi connectivity index (χ0v) is 17.0. The molecule has 0 unspecified atom stereocenters. The lowest BCUT2D eigenvalue weighted by molar-refractivity contribution is -0.129. The summed E-state index contributed by atoms with van der Waals surface area (Å²) in [5.41, 5.74) is 0.534. The van der Waals surface area contributed by atoms with Crippen LogP contribution in [0.4, 0.5) is 0 Å². The molecule has 0 bridgehead atoms. The molecule has 3 aromatic heterocycles. The van der Waals surface area contributed by atoms with Crippen molar-refractivity contribution in [3.05, 3.63) is 58.8 Å². The molecule has 4 aromatic rings. The number of aryl methyl sites for hydroxylation is 1. The van der Waals surface area contributed by atoms with E-state index in [-0.39, 0.29) is 23.6 Å². The van der Waals surface area contributed by atoms with E-state index in [1.807, 2.05) is 12.1 Å². The Kier molecular flexibility index (Phi) is 5.54. The van der Waals surface area contributed by atoms with E-state index in [1.54, 1.807) is 46.9 Å². The molecule has 0 saturated carbocycles. The molecule has 10 heteroatoms. The SMILES string of the molecule is Cn1c(=O)c2ccccc2n2c(SCC(=O)N(CCC#N)Cc3ccco3)nnc12. The van der Waals surface area contributed by atoms with Gasteiger partial charge in [0.05, 0.1) is 42.0 Å². The van der Waals surface area contributed by atoms with Crippen molar-refractivity contribution in [3.63, 3.8) is 0 Å². The van der Waals surface area contributed by atoms with Crippen molar-refractivity contribution < 1.29 is 9.21 Å². The number of amides is 1. The molecule has 1 amide bonds. The topological polar surface area (TPSA) is 109 Å². The number of nitrogens with zero attached hydrogens (tertiary/aromatic N) is 6. The normalized spacial score (nSPS) is 11.1. The highest BCUT2D eigenvalue weighted by Crippen LogP contribution is 2.22. The van der Waals surface area contributed by atoms with Gasteiger partial charge in [0.25, 0.3) is 5.56 Å². The Balaban J connectivity index is 1.60. The lowest BCUT2D eigenvalue weighted by Crippen LogP contribution is -2.32. The summed E-state index contributed by atoms with van der Waals surface area (Å²) < 4.78 is 8.55. The van der Waals surface area contributed by atoms with Crippen LogP contribution in [0.25, 0.3) is 16.7 Å². The summed E-state index contributed by atoms with van der Waals surface area (Å²) in [6.45, 7) is 0.612. The van der Waals surface area contributed by atoms with Crippen LogP contribution >= 0.6 is 11.8 Å². The third kappa shape index (κ3) is 3.67. The molecule has 9 nitrogen and oxygen atoms in total. The van der Waals surface area contributed by atoms with Crippen LogP contribution in [0.1, 0.15) is 12.2 Å². The minimum absolute atomic E-state index is 0.115. The molecule has 0 atom stereocenters. The quantitative estimate of drug-likeness (QED) is 0.420. The molecule has 0 spiro atoms. The second-order valence-electron chi connectivity index (χ2n) is 6.59. The van der Waals surface area contributed by atoms with Crippen LogP contribution in [0, 0.1) is 11.3 Å². The number of aromatic nitrogens is 4. The third-order valence-corrected chi connectivity index (χ3v) is 5.61. The van der Waals surface area contributed by atoms with E-state index >= 15 is 0 Å². The molecular weight excluding hydrogens is 404 g/mol. The van der Waals surface area contributed by atoms with E-state index in [4.69, 9.17) is 9.68 Å². The van der Waals surface area contributed by atoms with Gasteiger partial charge in [0.1, 0.15) is 5.76 Å². The van der Waals surface area contributed by atoms with Crippen molar-refractivity contribution in [1.82, 2.24) is 24.1 Å². The molecule has 30 heavy (non-hydrogen) atoms. The van der Waals surface area contributed by atoms with Gasteiger partial charge >= 0.3 is 0 Å². The first-order valence-corrected chi connectivity index (χ1v) is 10.2. The van der Waals surface area contributed by atoms with Crippen LogP contribution in [0.15, 0.2) is 57.0 Å². The van der Waals surface area contributed by atoms with Crippen LogP contribution in [-0.2, 0) is 18.4 Å². The fourth-order valence-electron chi connectivity index (χ4n) is 3.19. The van der Waals surface area contributed by atoms with Crippen LogP contribution in [0.2, 0.25) is 0 Å². The second-order valence-corrected chi connectivity index (χ2v) is 7.53. The molecule has 0 N–H and O–H groups in total. The fraction of sp³-hybridized carbons (Fsp3) is 0.250. The molecule has 0 fully saturated rings. The largest absolute Gasteiger partial charge is 0.467 e. The molecular formula is C20H18N6O3S. The van der Waals surface area contributed by atoms with Crippen LogP contribution in [0.5, 0.6) is 0 Å². The van der Waals surface area contributed by atoms with Crippen molar-refractivity contribution >= 4 is 34.3 Å². The van der Waals surface area contributed by atoms with Crippen molar-refractivity contribution in [3.8, 4) is 6.07 Å². The molecule has 0 radical (unpaired) electrons. The summed E-state index contributed by atoms with van der Waals surface area (Å²) in [5.74, 6) is 1.03. The summed E-state index contributed by atoms with van der Waals surface area (Å²) in [6.07, 6.45) is 1.78. The van der Waals surface area contributed by atoms with E-state index < -0.39 is 0 Å². The Morgan fingerprint density at radius 1 is 1.27 bits per heavy atom. The van der Waals surface area contributed by atoms with Gasteiger partial charge in [-0.25, -0.2) is 0 Å². The summed E-state index contributed by atoms with van der Waals surface area (Å²) >= 11 is 1.24. The van der Waals surface area contributed by atoms with Gasteiger partial charge in [-0.3, -0.25) is 18.6 Å². The Bertz CT molecular complexity index is 1300. The second kappa shape index (κ2) is 8.42. The van der Waals surface area contributed by atoms with Crippen LogP contribution in [-0.4, -0.2) is 42.3 Å². The highest BCUT2D eigenvalue weighted by molar-refractivity contribution is 7.99. The first-order valence-electron chi connectivity index (χ1n) is 9.23. The third-order valence-electron chi connectivity index (χ3n) is 4.69. The molecule has 0 aliphatic rings. The number of furan rings is 1. The number of fused-ring (bicyclic) bond motifs is 3. The predicted molar refractivity (Wildman–Crippen MR) is 111 cm³/mol. The smallest absolute Gasteiger partial charge is 0.262 e. The number of rotatable bonds is 7. The van der Waals surface area contributed by atoms with Gasteiger partial charge in [-0.15, -0.1) is 10.2 Å². The monoisotopic (exact) mass is 422 g/mol. The number of nitriles is 1. The van der Waals surface area contributed by atoms with Gasteiger partial charge in [-0.05, 0) is 24.3 Å². The van der Waals surface area contributed by atoms with Gasteiger partial charge in [0, 0.05) is 13.6 Å². The number of para-hydroxylation sites is 1. The van der Waals surface area contributed by atoms with Gasteiger partial charge < -0.3 is 9.32 Å². The number of hydrogen-bond donors (Lipinski definition) is 0. The van der Waals surface area contributed by atoms with Gasteiger partial charge in [-0.2, -0.15) is 5.26 Å². The van der Waals surface area contributed by atoms with Gasteiger partial charge in [-0.1, -0.05) is 23.9 Å². The predicted octanol–water partition coefficient (Wildman–Crippen LogP) is 2.21. The first-order chi connectivity index (χ1) is 14.6. The molecule has 152 valence electrons. The number of hydrogen-bond acceptors (Lipinski definition) is 7. The molecule has 0 aliphatic heterocycles. The Labute approximate surface area is 175 Å².